The third kappa shape index (κ3) is 4.51. The van der Waals surface area contributed by atoms with E-state index in [1.807, 2.05) is 55.5 Å². The van der Waals surface area contributed by atoms with Crippen LogP contribution in [0.5, 0.6) is 5.75 Å². The van der Waals surface area contributed by atoms with Crippen molar-refractivity contribution < 1.29 is 9.53 Å². The van der Waals surface area contributed by atoms with E-state index in [4.69, 9.17) is 9.72 Å². The van der Waals surface area contributed by atoms with E-state index in [0.717, 1.165) is 16.9 Å². The van der Waals surface area contributed by atoms with Crippen LogP contribution in [-0.4, -0.2) is 22.1 Å². The van der Waals surface area contributed by atoms with E-state index in [1.165, 1.54) is 11.1 Å². The van der Waals surface area contributed by atoms with Crippen molar-refractivity contribution in [1.82, 2.24) is 14.9 Å². The van der Waals surface area contributed by atoms with Gasteiger partial charge in [-0.1, -0.05) is 60.2 Å². The zero-order valence-electron chi connectivity index (χ0n) is 17.2. The number of ether oxygens (including phenoxy) is 1. The maximum Gasteiger partial charge on any atom is 0.258 e. The molecule has 1 atom stereocenters. The summed E-state index contributed by atoms with van der Waals surface area (Å²) in [4.78, 5) is 17.3. The topological polar surface area (TPSA) is 56.2 Å². The molecule has 5 nitrogen and oxygen atoms in total. The fourth-order valence-corrected chi connectivity index (χ4v) is 3.48. The molecular formula is C25H25N3O2. The Morgan fingerprint density at radius 1 is 1.00 bits per heavy atom. The highest BCUT2D eigenvalue weighted by Crippen LogP contribution is 2.22. The van der Waals surface area contributed by atoms with Gasteiger partial charge in [0, 0.05) is 6.54 Å². The number of carbonyl (C=O) groups excluding carboxylic acids is 1. The molecule has 0 saturated heterocycles. The van der Waals surface area contributed by atoms with Gasteiger partial charge in [-0.2, -0.15) is 0 Å². The van der Waals surface area contributed by atoms with Crippen molar-refractivity contribution in [3.8, 4) is 5.75 Å². The van der Waals surface area contributed by atoms with Crippen LogP contribution in [0.25, 0.3) is 11.0 Å². The average Bonchev–Trinajstić information content (AvgIpc) is 3.13. The summed E-state index contributed by atoms with van der Waals surface area (Å²) in [5.41, 5.74) is 4.39. The van der Waals surface area contributed by atoms with Crippen LogP contribution in [0.4, 0.5) is 0 Å². The molecule has 0 aliphatic carbocycles. The van der Waals surface area contributed by atoms with Crippen molar-refractivity contribution in [2.45, 2.75) is 26.4 Å². The first-order valence-corrected chi connectivity index (χ1v) is 10.1. The molecule has 1 N–H and O–H groups in total. The molecule has 0 fully saturated rings. The Balaban J connectivity index is 1.53. The number of amides is 1. The number of hydrogen-bond acceptors (Lipinski definition) is 3. The Labute approximate surface area is 176 Å². The Morgan fingerprint density at radius 2 is 1.70 bits per heavy atom. The molecular weight excluding hydrogens is 374 g/mol. The van der Waals surface area contributed by atoms with Gasteiger partial charge in [0.1, 0.15) is 11.6 Å². The predicted molar refractivity (Wildman–Crippen MR) is 119 cm³/mol. The van der Waals surface area contributed by atoms with Crippen molar-refractivity contribution in [2.75, 3.05) is 6.61 Å². The van der Waals surface area contributed by atoms with Crippen LogP contribution in [0.15, 0.2) is 78.9 Å². The number of benzene rings is 3. The zero-order chi connectivity index (χ0) is 20.9. The molecule has 1 unspecified atom stereocenters. The summed E-state index contributed by atoms with van der Waals surface area (Å²) in [6.45, 7) is 4.69. The monoisotopic (exact) mass is 399 g/mol. The van der Waals surface area contributed by atoms with Crippen LogP contribution in [0.3, 0.4) is 0 Å². The second-order valence-corrected chi connectivity index (χ2v) is 7.42. The quantitative estimate of drug-likeness (QED) is 0.492. The third-order valence-corrected chi connectivity index (χ3v) is 5.02. The first-order valence-electron chi connectivity index (χ1n) is 10.1. The van der Waals surface area contributed by atoms with Crippen LogP contribution in [-0.2, 0) is 11.3 Å². The fourth-order valence-electron chi connectivity index (χ4n) is 3.48. The van der Waals surface area contributed by atoms with Gasteiger partial charge in [0.25, 0.3) is 5.91 Å². The average molecular weight is 399 g/mol. The summed E-state index contributed by atoms with van der Waals surface area (Å²) in [6, 6.07) is 25.6. The summed E-state index contributed by atoms with van der Waals surface area (Å²) < 4.78 is 7.73. The zero-order valence-corrected chi connectivity index (χ0v) is 17.2. The Kier molecular flexibility index (Phi) is 5.80. The molecule has 30 heavy (non-hydrogen) atoms. The van der Waals surface area contributed by atoms with Gasteiger partial charge < -0.3 is 14.6 Å². The van der Waals surface area contributed by atoms with E-state index in [2.05, 4.69) is 47.1 Å². The van der Waals surface area contributed by atoms with Gasteiger partial charge in [-0.3, -0.25) is 4.79 Å². The highest BCUT2D eigenvalue weighted by atomic mass is 16.5. The fraction of sp³-hybridized carbons (Fsp3) is 0.200. The highest BCUT2D eigenvalue weighted by molar-refractivity contribution is 5.79. The number of carbonyl (C=O) groups is 1. The summed E-state index contributed by atoms with van der Waals surface area (Å²) in [7, 11) is 0. The summed E-state index contributed by atoms with van der Waals surface area (Å²) >= 11 is 0. The number of imidazole rings is 1. The molecule has 0 aliphatic rings. The molecule has 0 radical (unpaired) electrons. The van der Waals surface area contributed by atoms with Crippen LogP contribution in [0.1, 0.15) is 29.9 Å². The maximum atomic E-state index is 12.4. The minimum atomic E-state index is -0.255. The van der Waals surface area contributed by atoms with Gasteiger partial charge in [0.2, 0.25) is 0 Å². The maximum absolute atomic E-state index is 12.4. The third-order valence-electron chi connectivity index (χ3n) is 5.02. The number of aryl methyl sites for hydroxylation is 1. The lowest BCUT2D eigenvalue weighted by Crippen LogP contribution is -2.32. The molecule has 5 heteroatoms. The van der Waals surface area contributed by atoms with Gasteiger partial charge in [0.15, 0.2) is 6.61 Å². The largest absolute Gasteiger partial charge is 0.484 e. The smallest absolute Gasteiger partial charge is 0.258 e. The van der Waals surface area contributed by atoms with E-state index in [-0.39, 0.29) is 18.6 Å². The minimum absolute atomic E-state index is 0.0352. The Hall–Kier alpha value is -3.60. The van der Waals surface area contributed by atoms with Gasteiger partial charge in [-0.05, 0) is 43.7 Å². The number of nitrogens with zero attached hydrogens (tertiary/aromatic N) is 2. The normalized spacial score (nSPS) is 11.9. The van der Waals surface area contributed by atoms with Crippen molar-refractivity contribution in [2.24, 2.45) is 0 Å². The minimum Gasteiger partial charge on any atom is -0.484 e. The molecule has 0 aliphatic heterocycles. The van der Waals surface area contributed by atoms with Crippen LogP contribution < -0.4 is 10.1 Å². The van der Waals surface area contributed by atoms with E-state index in [1.54, 1.807) is 0 Å². The Bertz CT molecular complexity index is 1130. The van der Waals surface area contributed by atoms with Crippen LogP contribution in [0, 0.1) is 6.92 Å². The SMILES string of the molecule is Cc1ccc(Cn2c(C(C)NC(=O)COc3ccccc3)nc3ccccc32)cc1. The molecule has 152 valence electrons. The Morgan fingerprint density at radius 3 is 2.47 bits per heavy atom. The van der Waals surface area contributed by atoms with E-state index in [0.29, 0.717) is 12.3 Å². The second kappa shape index (κ2) is 8.82. The number of fused-ring (bicyclic) bond motifs is 1. The summed E-state index contributed by atoms with van der Waals surface area (Å²) in [5, 5.41) is 3.02. The molecule has 0 saturated carbocycles. The van der Waals surface area contributed by atoms with Gasteiger partial charge in [0.05, 0.1) is 17.1 Å². The molecule has 4 rings (SSSR count). The molecule has 4 aromatic rings. The number of hydrogen-bond donors (Lipinski definition) is 1. The molecule has 1 heterocycles. The van der Waals surface area contributed by atoms with E-state index < -0.39 is 0 Å². The van der Waals surface area contributed by atoms with Crippen molar-refractivity contribution in [3.05, 3.63) is 95.8 Å². The van der Waals surface area contributed by atoms with E-state index >= 15 is 0 Å². The number of rotatable bonds is 7. The lowest BCUT2D eigenvalue weighted by atomic mass is 10.1. The first kappa shape index (κ1) is 19.7. The van der Waals surface area contributed by atoms with E-state index in [9.17, 15) is 4.79 Å². The van der Waals surface area contributed by atoms with Gasteiger partial charge >= 0.3 is 0 Å². The highest BCUT2D eigenvalue weighted by Gasteiger charge is 2.19. The second-order valence-electron chi connectivity index (χ2n) is 7.42. The van der Waals surface area contributed by atoms with Crippen LogP contribution in [0.2, 0.25) is 0 Å². The lowest BCUT2D eigenvalue weighted by Gasteiger charge is -2.17. The molecule has 1 amide bonds. The molecule has 1 aromatic heterocycles. The number of nitrogens with one attached hydrogen (secondary N) is 1. The standard InChI is InChI=1S/C25H25N3O2/c1-18-12-14-20(15-13-18)16-28-23-11-7-6-10-22(23)27-25(28)19(2)26-24(29)17-30-21-8-4-3-5-9-21/h3-15,19H,16-17H2,1-2H3,(H,26,29). The van der Waals surface area contributed by atoms with Gasteiger partial charge in [-0.15, -0.1) is 0 Å². The van der Waals surface area contributed by atoms with Crippen molar-refractivity contribution in [1.29, 1.82) is 0 Å². The molecule has 3 aromatic carbocycles. The lowest BCUT2D eigenvalue weighted by molar-refractivity contribution is -0.123. The predicted octanol–water partition coefficient (Wildman–Crippen LogP) is 4.65. The first-order chi connectivity index (χ1) is 14.6. The summed E-state index contributed by atoms with van der Waals surface area (Å²) in [5.74, 6) is 1.32. The van der Waals surface area contributed by atoms with Crippen LogP contribution >= 0.6 is 0 Å². The molecule has 0 spiro atoms. The van der Waals surface area contributed by atoms with Crippen molar-refractivity contribution >= 4 is 16.9 Å². The van der Waals surface area contributed by atoms with Crippen molar-refractivity contribution in [3.63, 3.8) is 0 Å². The molecule has 0 bridgehead atoms. The number of para-hydroxylation sites is 3. The number of aromatic nitrogens is 2. The van der Waals surface area contributed by atoms with Gasteiger partial charge in [-0.25, -0.2) is 4.98 Å². The summed E-state index contributed by atoms with van der Waals surface area (Å²) in [6.07, 6.45) is 0.